The third kappa shape index (κ3) is 6.47. The first-order valence-electron chi connectivity index (χ1n) is 6.98. The van der Waals surface area contributed by atoms with Crippen LogP contribution in [0.2, 0.25) is 0 Å². The monoisotopic (exact) mass is 279 g/mol. The molecule has 1 amide bonds. The minimum absolute atomic E-state index is 0.154. The number of carbonyl (C=O) groups excluding carboxylic acids is 1. The van der Waals surface area contributed by atoms with Gasteiger partial charge in [0.2, 0.25) is 0 Å². The van der Waals surface area contributed by atoms with Crippen LogP contribution in [-0.4, -0.2) is 54.5 Å². The van der Waals surface area contributed by atoms with Gasteiger partial charge in [-0.1, -0.05) is 13.8 Å². The Labute approximate surface area is 121 Å². The van der Waals surface area contributed by atoms with E-state index in [1.54, 1.807) is 6.07 Å². The van der Waals surface area contributed by atoms with Crippen molar-refractivity contribution in [2.45, 2.75) is 20.3 Å². The van der Waals surface area contributed by atoms with Crippen molar-refractivity contribution in [3.63, 3.8) is 0 Å². The molecule has 2 N–H and O–H groups in total. The van der Waals surface area contributed by atoms with Crippen LogP contribution in [0.1, 0.15) is 30.8 Å². The first-order valence-corrected chi connectivity index (χ1v) is 6.98. The van der Waals surface area contributed by atoms with Gasteiger partial charge in [0.05, 0.1) is 0 Å². The van der Waals surface area contributed by atoms with Gasteiger partial charge in [0.15, 0.2) is 0 Å². The molecule has 0 aliphatic heterocycles. The van der Waals surface area contributed by atoms with Gasteiger partial charge in [0, 0.05) is 19.2 Å². The summed E-state index contributed by atoms with van der Waals surface area (Å²) in [5.74, 6) is 1.05. The molecule has 0 aliphatic carbocycles. The van der Waals surface area contributed by atoms with Crippen LogP contribution in [-0.2, 0) is 0 Å². The molecule has 0 unspecified atom stereocenters. The summed E-state index contributed by atoms with van der Waals surface area (Å²) in [6.07, 6.45) is 2.33. The summed E-state index contributed by atoms with van der Waals surface area (Å²) in [5, 5.41) is 6.05. The zero-order valence-electron chi connectivity index (χ0n) is 12.8. The number of carbonyl (C=O) groups is 1. The third-order valence-corrected chi connectivity index (χ3v) is 2.66. The molecule has 0 fully saturated rings. The Morgan fingerprint density at radius 2 is 2.10 bits per heavy atom. The lowest BCUT2D eigenvalue weighted by Crippen LogP contribution is -2.28. The highest BCUT2D eigenvalue weighted by Gasteiger charge is 2.08. The maximum absolute atomic E-state index is 11.9. The molecule has 0 radical (unpaired) electrons. The van der Waals surface area contributed by atoms with Crippen LogP contribution in [0.4, 0.5) is 5.82 Å². The Bertz CT molecular complexity index is 420. The van der Waals surface area contributed by atoms with Crippen molar-refractivity contribution in [2.24, 2.45) is 5.92 Å². The molecule has 0 bridgehead atoms. The number of nitrogens with one attached hydrogen (secondary N) is 2. The normalized spacial score (nSPS) is 10.9. The maximum Gasteiger partial charge on any atom is 0.270 e. The fourth-order valence-corrected chi connectivity index (χ4v) is 1.57. The van der Waals surface area contributed by atoms with Crippen molar-refractivity contribution in [1.82, 2.24) is 20.2 Å². The van der Waals surface area contributed by atoms with E-state index in [2.05, 4.69) is 39.3 Å². The summed E-state index contributed by atoms with van der Waals surface area (Å²) in [5.41, 5.74) is 0.399. The molecule has 0 saturated carbocycles. The van der Waals surface area contributed by atoms with E-state index in [1.807, 2.05) is 14.1 Å². The quantitative estimate of drug-likeness (QED) is 0.700. The third-order valence-electron chi connectivity index (χ3n) is 2.66. The number of hydrogen-bond acceptors (Lipinski definition) is 5. The molecule has 6 nitrogen and oxygen atoms in total. The summed E-state index contributed by atoms with van der Waals surface area (Å²) in [7, 11) is 4.03. The lowest BCUT2D eigenvalue weighted by molar-refractivity contribution is 0.0947. The van der Waals surface area contributed by atoms with Crippen molar-refractivity contribution in [3.05, 3.63) is 18.1 Å². The zero-order chi connectivity index (χ0) is 15.0. The Morgan fingerprint density at radius 3 is 2.75 bits per heavy atom. The Balaban J connectivity index is 2.45. The fourth-order valence-electron chi connectivity index (χ4n) is 1.57. The number of amides is 1. The van der Waals surface area contributed by atoms with Crippen molar-refractivity contribution < 1.29 is 4.79 Å². The van der Waals surface area contributed by atoms with Gasteiger partial charge in [-0.05, 0) is 33.0 Å². The van der Waals surface area contributed by atoms with Crippen LogP contribution in [0.5, 0.6) is 0 Å². The van der Waals surface area contributed by atoms with Gasteiger partial charge in [-0.2, -0.15) is 0 Å². The van der Waals surface area contributed by atoms with E-state index in [0.29, 0.717) is 24.0 Å². The standard InChI is InChI=1S/C14H25N5O/c1-11(2)9-16-13-8-12(17-10-18-13)14(20)15-6-5-7-19(3)4/h8,10-11H,5-7,9H2,1-4H3,(H,15,20)(H,16,17,18). The van der Waals surface area contributed by atoms with Crippen LogP contribution in [0.15, 0.2) is 12.4 Å². The Morgan fingerprint density at radius 1 is 1.35 bits per heavy atom. The number of anilines is 1. The van der Waals surface area contributed by atoms with E-state index in [9.17, 15) is 4.79 Å². The number of hydrogen-bond donors (Lipinski definition) is 2. The molecular weight excluding hydrogens is 254 g/mol. The minimum Gasteiger partial charge on any atom is -0.370 e. The molecule has 0 spiro atoms. The molecule has 0 saturated heterocycles. The molecule has 0 aromatic carbocycles. The molecule has 1 rings (SSSR count). The van der Waals surface area contributed by atoms with Gasteiger partial charge in [0.1, 0.15) is 17.8 Å². The topological polar surface area (TPSA) is 70.2 Å². The van der Waals surface area contributed by atoms with Crippen molar-refractivity contribution in [2.75, 3.05) is 39.0 Å². The lowest BCUT2D eigenvalue weighted by atomic mass is 10.2. The van der Waals surface area contributed by atoms with Gasteiger partial charge >= 0.3 is 0 Å². The molecule has 0 aliphatic rings. The van der Waals surface area contributed by atoms with E-state index >= 15 is 0 Å². The minimum atomic E-state index is -0.154. The van der Waals surface area contributed by atoms with Gasteiger partial charge in [-0.25, -0.2) is 9.97 Å². The largest absolute Gasteiger partial charge is 0.370 e. The first kappa shape index (κ1) is 16.4. The van der Waals surface area contributed by atoms with Crippen molar-refractivity contribution >= 4 is 11.7 Å². The predicted molar refractivity (Wildman–Crippen MR) is 80.9 cm³/mol. The van der Waals surface area contributed by atoms with Gasteiger partial charge in [-0.15, -0.1) is 0 Å². The molecule has 20 heavy (non-hydrogen) atoms. The predicted octanol–water partition coefficient (Wildman–Crippen LogP) is 1.23. The number of aromatic nitrogens is 2. The van der Waals surface area contributed by atoms with Crippen LogP contribution in [0.3, 0.4) is 0 Å². The van der Waals surface area contributed by atoms with E-state index in [-0.39, 0.29) is 5.91 Å². The summed E-state index contributed by atoms with van der Waals surface area (Å²) in [6, 6.07) is 1.68. The van der Waals surface area contributed by atoms with Gasteiger partial charge in [0.25, 0.3) is 5.91 Å². The number of nitrogens with zero attached hydrogens (tertiary/aromatic N) is 3. The fraction of sp³-hybridized carbons (Fsp3) is 0.643. The van der Waals surface area contributed by atoms with Gasteiger partial charge < -0.3 is 15.5 Å². The number of rotatable bonds is 8. The van der Waals surface area contributed by atoms with Crippen LogP contribution in [0, 0.1) is 5.92 Å². The molecule has 1 heterocycles. The highest BCUT2D eigenvalue weighted by atomic mass is 16.1. The smallest absolute Gasteiger partial charge is 0.270 e. The van der Waals surface area contributed by atoms with Crippen LogP contribution in [0.25, 0.3) is 0 Å². The van der Waals surface area contributed by atoms with Crippen LogP contribution < -0.4 is 10.6 Å². The Hall–Kier alpha value is -1.69. The lowest BCUT2D eigenvalue weighted by Gasteiger charge is -2.10. The average Bonchev–Trinajstić information content (AvgIpc) is 2.41. The Kier molecular flexibility index (Phi) is 6.93. The SMILES string of the molecule is CC(C)CNc1cc(C(=O)NCCCN(C)C)ncn1. The van der Waals surface area contributed by atoms with E-state index < -0.39 is 0 Å². The first-order chi connectivity index (χ1) is 9.49. The molecule has 1 aromatic heterocycles. The van der Waals surface area contributed by atoms with E-state index in [4.69, 9.17) is 0 Å². The zero-order valence-corrected chi connectivity index (χ0v) is 12.8. The van der Waals surface area contributed by atoms with E-state index in [1.165, 1.54) is 6.33 Å². The molecule has 6 heteroatoms. The average molecular weight is 279 g/mol. The second-order valence-electron chi connectivity index (χ2n) is 5.48. The molecular formula is C14H25N5O. The second-order valence-corrected chi connectivity index (χ2v) is 5.48. The highest BCUT2D eigenvalue weighted by molar-refractivity contribution is 5.92. The van der Waals surface area contributed by atoms with Crippen molar-refractivity contribution in [3.8, 4) is 0 Å². The van der Waals surface area contributed by atoms with Crippen molar-refractivity contribution in [1.29, 1.82) is 0 Å². The van der Waals surface area contributed by atoms with E-state index in [0.717, 1.165) is 19.5 Å². The molecule has 0 atom stereocenters. The summed E-state index contributed by atoms with van der Waals surface area (Å²) < 4.78 is 0. The van der Waals surface area contributed by atoms with Gasteiger partial charge in [-0.3, -0.25) is 4.79 Å². The second kappa shape index (κ2) is 8.47. The molecule has 112 valence electrons. The summed E-state index contributed by atoms with van der Waals surface area (Å²) in [4.78, 5) is 22.1. The summed E-state index contributed by atoms with van der Waals surface area (Å²) in [6.45, 7) is 6.65. The maximum atomic E-state index is 11.9. The highest BCUT2D eigenvalue weighted by Crippen LogP contribution is 2.05. The van der Waals surface area contributed by atoms with Crippen LogP contribution >= 0.6 is 0 Å². The molecule has 1 aromatic rings. The summed E-state index contributed by atoms with van der Waals surface area (Å²) >= 11 is 0.